The molecule has 0 spiro atoms. The summed E-state index contributed by atoms with van der Waals surface area (Å²) in [5, 5.41) is 0. The second-order valence-electron chi connectivity index (χ2n) is 2.15. The molecular weight excluding hydrogens is 251 g/mol. The van der Waals surface area contributed by atoms with Gasteiger partial charge in [0.2, 0.25) is 5.95 Å². The largest absolute Gasteiger partial charge is 0.298 e. The van der Waals surface area contributed by atoms with Gasteiger partial charge < -0.3 is 0 Å². The van der Waals surface area contributed by atoms with E-state index in [0.717, 1.165) is 6.20 Å². The zero-order valence-electron chi connectivity index (χ0n) is 6.10. The van der Waals surface area contributed by atoms with Gasteiger partial charge in [0.15, 0.2) is 6.29 Å². The van der Waals surface area contributed by atoms with Crippen LogP contribution < -0.4 is 0 Å². The lowest BCUT2D eigenvalue weighted by Gasteiger charge is -2.04. The van der Waals surface area contributed by atoms with E-state index in [9.17, 15) is 18.0 Å². The number of hydrogen-bond donors (Lipinski definition) is 0. The topological polar surface area (TPSA) is 30.0 Å². The third-order valence-corrected chi connectivity index (χ3v) is 2.26. The molecule has 0 saturated carbocycles. The van der Waals surface area contributed by atoms with Crippen LogP contribution >= 0.6 is 15.9 Å². The molecule has 0 radical (unpaired) electrons. The molecule has 0 aromatic carbocycles. The maximum Gasteiger partial charge on any atom is 0.269 e. The predicted molar refractivity (Wildman–Crippen MR) is 42.2 cm³/mol. The normalized spacial score (nSPS) is 10.5. The molecule has 0 N–H and O–H groups in total. The van der Waals surface area contributed by atoms with Crippen molar-refractivity contribution in [2.75, 3.05) is 0 Å². The summed E-state index contributed by atoms with van der Waals surface area (Å²) in [5.41, 5.74) is -0.985. The van der Waals surface area contributed by atoms with Gasteiger partial charge in [-0.15, -0.1) is 0 Å². The average Bonchev–Trinajstić information content (AvgIpc) is 2.04. The van der Waals surface area contributed by atoms with Crippen LogP contribution in [0.15, 0.2) is 10.7 Å². The Morgan fingerprint density at radius 3 is 2.62 bits per heavy atom. The number of aromatic nitrogens is 1. The minimum absolute atomic E-state index is 0.100. The Bertz CT molecular complexity index is 343. The van der Waals surface area contributed by atoms with Gasteiger partial charge in [-0.1, -0.05) is 0 Å². The minimum Gasteiger partial charge on any atom is -0.298 e. The van der Waals surface area contributed by atoms with Crippen LogP contribution in [0.2, 0.25) is 0 Å². The number of hydrogen-bond acceptors (Lipinski definition) is 2. The fourth-order valence-electron chi connectivity index (χ4n) is 0.766. The number of carbonyl (C=O) groups is 1. The highest BCUT2D eigenvalue weighted by Gasteiger charge is 2.20. The van der Waals surface area contributed by atoms with E-state index in [2.05, 4.69) is 20.9 Å². The van der Waals surface area contributed by atoms with Crippen molar-refractivity contribution in [2.24, 2.45) is 0 Å². The summed E-state index contributed by atoms with van der Waals surface area (Å²) >= 11 is 2.70. The number of aldehydes is 1. The first-order valence-corrected chi connectivity index (χ1v) is 3.94. The van der Waals surface area contributed by atoms with Gasteiger partial charge in [0, 0.05) is 16.2 Å². The molecule has 0 fully saturated rings. The highest BCUT2D eigenvalue weighted by Crippen LogP contribution is 2.30. The van der Waals surface area contributed by atoms with Gasteiger partial charge in [-0.3, -0.25) is 4.79 Å². The van der Waals surface area contributed by atoms with Crippen molar-refractivity contribution in [1.82, 2.24) is 4.98 Å². The number of nitrogens with zero attached hydrogens (tertiary/aromatic N) is 1. The lowest BCUT2D eigenvalue weighted by atomic mass is 10.2. The van der Waals surface area contributed by atoms with Gasteiger partial charge in [-0.05, 0) is 15.9 Å². The molecule has 0 amide bonds. The predicted octanol–water partition coefficient (Wildman–Crippen LogP) is 2.73. The molecule has 70 valence electrons. The summed E-state index contributed by atoms with van der Waals surface area (Å²) in [6.07, 6.45) is -1.79. The van der Waals surface area contributed by atoms with Crippen molar-refractivity contribution < 1.29 is 18.0 Å². The summed E-state index contributed by atoms with van der Waals surface area (Å²) in [5.74, 6) is -1.27. The molecule has 1 aromatic heterocycles. The molecule has 0 aliphatic heterocycles. The lowest BCUT2D eigenvalue weighted by molar-refractivity contribution is 0.112. The van der Waals surface area contributed by atoms with E-state index in [1.54, 1.807) is 0 Å². The van der Waals surface area contributed by atoms with E-state index < -0.39 is 17.9 Å². The Kier molecular flexibility index (Phi) is 3.02. The highest BCUT2D eigenvalue weighted by molar-refractivity contribution is 9.10. The van der Waals surface area contributed by atoms with Crippen molar-refractivity contribution in [1.29, 1.82) is 0 Å². The molecule has 1 rings (SSSR count). The van der Waals surface area contributed by atoms with Crippen LogP contribution in [0.5, 0.6) is 0 Å². The number of rotatable bonds is 2. The van der Waals surface area contributed by atoms with Crippen LogP contribution in [0.4, 0.5) is 13.2 Å². The molecule has 0 bridgehead atoms. The minimum atomic E-state index is -3.00. The molecule has 0 aliphatic carbocycles. The first-order valence-electron chi connectivity index (χ1n) is 3.15. The molecular formula is C7H3BrF3NO. The van der Waals surface area contributed by atoms with Gasteiger partial charge in [0.05, 0.1) is 5.56 Å². The first-order chi connectivity index (χ1) is 6.07. The summed E-state index contributed by atoms with van der Waals surface area (Å²) < 4.78 is 36.8. The zero-order valence-corrected chi connectivity index (χ0v) is 7.69. The molecule has 13 heavy (non-hydrogen) atoms. The van der Waals surface area contributed by atoms with Crippen molar-refractivity contribution >= 4 is 22.2 Å². The summed E-state index contributed by atoms with van der Waals surface area (Å²) in [7, 11) is 0. The standard InChI is InChI=1S/C7H3BrF3NO/c8-5-3(2-13)1-12-7(11)4(5)6(9)10/h1-2,6H. The van der Waals surface area contributed by atoms with Crippen LogP contribution in [0.1, 0.15) is 22.3 Å². The Morgan fingerprint density at radius 1 is 1.54 bits per heavy atom. The maximum absolute atomic E-state index is 12.7. The number of halogens is 4. The highest BCUT2D eigenvalue weighted by atomic mass is 79.9. The molecule has 2 nitrogen and oxygen atoms in total. The van der Waals surface area contributed by atoms with Crippen molar-refractivity contribution in [3.05, 3.63) is 27.7 Å². The van der Waals surface area contributed by atoms with Crippen LogP contribution in [-0.4, -0.2) is 11.3 Å². The van der Waals surface area contributed by atoms with E-state index in [4.69, 9.17) is 0 Å². The number of alkyl halides is 2. The quantitative estimate of drug-likeness (QED) is 0.600. The van der Waals surface area contributed by atoms with Gasteiger partial charge in [-0.2, -0.15) is 4.39 Å². The van der Waals surface area contributed by atoms with Crippen LogP contribution in [0.25, 0.3) is 0 Å². The Morgan fingerprint density at radius 2 is 2.15 bits per heavy atom. The van der Waals surface area contributed by atoms with Gasteiger partial charge in [0.25, 0.3) is 6.43 Å². The monoisotopic (exact) mass is 253 g/mol. The number of carbonyl (C=O) groups excluding carboxylic acids is 1. The van der Waals surface area contributed by atoms with Crippen LogP contribution in [0, 0.1) is 5.95 Å². The maximum atomic E-state index is 12.7. The fraction of sp³-hybridized carbons (Fsp3) is 0.143. The zero-order chi connectivity index (χ0) is 10.0. The molecule has 0 aliphatic rings. The SMILES string of the molecule is O=Cc1cnc(F)c(C(F)F)c1Br. The third kappa shape index (κ3) is 1.88. The molecule has 6 heteroatoms. The summed E-state index contributed by atoms with van der Waals surface area (Å²) in [6.45, 7) is 0. The summed E-state index contributed by atoms with van der Waals surface area (Å²) in [6, 6.07) is 0. The Balaban J connectivity index is 3.38. The Hall–Kier alpha value is -0.910. The van der Waals surface area contributed by atoms with Gasteiger partial charge in [0.1, 0.15) is 0 Å². The summed E-state index contributed by atoms with van der Waals surface area (Å²) in [4.78, 5) is 13.3. The molecule has 1 aromatic rings. The second-order valence-corrected chi connectivity index (χ2v) is 2.94. The molecule has 0 saturated heterocycles. The Labute approximate surface area is 79.9 Å². The van der Waals surface area contributed by atoms with Crippen LogP contribution in [0.3, 0.4) is 0 Å². The van der Waals surface area contributed by atoms with Gasteiger partial charge >= 0.3 is 0 Å². The lowest BCUT2D eigenvalue weighted by Crippen LogP contribution is -1.99. The third-order valence-electron chi connectivity index (χ3n) is 1.37. The smallest absolute Gasteiger partial charge is 0.269 e. The van der Waals surface area contributed by atoms with Gasteiger partial charge in [-0.25, -0.2) is 13.8 Å². The molecule has 0 unspecified atom stereocenters. The van der Waals surface area contributed by atoms with Crippen LogP contribution in [-0.2, 0) is 0 Å². The van der Waals surface area contributed by atoms with E-state index in [1.165, 1.54) is 0 Å². The van der Waals surface area contributed by atoms with E-state index in [1.807, 2.05) is 0 Å². The molecule has 1 heterocycles. The van der Waals surface area contributed by atoms with Crippen molar-refractivity contribution in [3.8, 4) is 0 Å². The van der Waals surface area contributed by atoms with E-state index in [0.29, 0.717) is 6.29 Å². The van der Waals surface area contributed by atoms with E-state index >= 15 is 0 Å². The first kappa shape index (κ1) is 10.2. The fourth-order valence-corrected chi connectivity index (χ4v) is 1.30. The van der Waals surface area contributed by atoms with Crippen molar-refractivity contribution in [3.63, 3.8) is 0 Å². The average molecular weight is 254 g/mol. The van der Waals surface area contributed by atoms with Crippen molar-refractivity contribution in [2.45, 2.75) is 6.43 Å². The van der Waals surface area contributed by atoms with E-state index in [-0.39, 0.29) is 10.0 Å². The second kappa shape index (κ2) is 3.87. The number of pyridine rings is 1. The molecule has 0 atom stereocenters.